The van der Waals surface area contributed by atoms with Gasteiger partial charge in [-0.05, 0) is 18.2 Å². The van der Waals surface area contributed by atoms with Crippen molar-refractivity contribution in [3.8, 4) is 11.5 Å². The smallest absolute Gasteiger partial charge is 0.326 e. The Labute approximate surface area is 121 Å². The minimum atomic E-state index is -1.12. The molecule has 7 heteroatoms. The predicted octanol–water partition coefficient (Wildman–Crippen LogP) is 0.364. The molecule has 0 bridgehead atoms. The molecule has 1 fully saturated rings. The van der Waals surface area contributed by atoms with Crippen LogP contribution in [0.4, 0.5) is 0 Å². The highest BCUT2D eigenvalue weighted by molar-refractivity contribution is 5.97. The molecular weight excluding hydrogens is 278 g/mol. The molecule has 1 aromatic carbocycles. The molecule has 2 N–H and O–H groups in total. The van der Waals surface area contributed by atoms with E-state index in [2.05, 4.69) is 0 Å². The van der Waals surface area contributed by atoms with Crippen molar-refractivity contribution in [2.45, 2.75) is 18.6 Å². The molecule has 0 unspecified atom stereocenters. The zero-order valence-electron chi connectivity index (χ0n) is 11.8. The Kier molecular flexibility index (Phi) is 4.32. The summed E-state index contributed by atoms with van der Waals surface area (Å²) in [6, 6.07) is 3.59. The maximum Gasteiger partial charge on any atom is 0.326 e. The topological polar surface area (TPSA) is 96.3 Å². The lowest BCUT2D eigenvalue weighted by Gasteiger charge is -2.21. The fourth-order valence-electron chi connectivity index (χ4n) is 2.41. The van der Waals surface area contributed by atoms with Crippen molar-refractivity contribution in [1.82, 2.24) is 4.90 Å². The summed E-state index contributed by atoms with van der Waals surface area (Å²) >= 11 is 0. The Morgan fingerprint density at radius 3 is 2.48 bits per heavy atom. The van der Waals surface area contributed by atoms with Gasteiger partial charge >= 0.3 is 5.97 Å². The number of carbonyl (C=O) groups is 2. The van der Waals surface area contributed by atoms with E-state index in [1.165, 1.54) is 26.4 Å². The van der Waals surface area contributed by atoms with E-state index in [4.69, 9.17) is 14.6 Å². The number of carboxylic acids is 1. The van der Waals surface area contributed by atoms with Gasteiger partial charge in [-0.15, -0.1) is 0 Å². The number of carboxylic acid groups (broad SMARTS) is 1. The van der Waals surface area contributed by atoms with E-state index in [-0.39, 0.29) is 18.5 Å². The predicted molar refractivity (Wildman–Crippen MR) is 72.6 cm³/mol. The average molecular weight is 295 g/mol. The van der Waals surface area contributed by atoms with Crippen molar-refractivity contribution < 1.29 is 29.3 Å². The Hall–Kier alpha value is -2.28. The van der Waals surface area contributed by atoms with Crippen LogP contribution in [0, 0.1) is 0 Å². The van der Waals surface area contributed by atoms with E-state index >= 15 is 0 Å². The SMILES string of the molecule is COc1ccc(C(=O)N2C[C@@H](O)C[C@H]2C(=O)O)cc1OC. The van der Waals surface area contributed by atoms with Gasteiger partial charge < -0.3 is 24.6 Å². The third kappa shape index (κ3) is 2.92. The zero-order valence-corrected chi connectivity index (χ0v) is 11.8. The molecule has 0 spiro atoms. The van der Waals surface area contributed by atoms with Gasteiger partial charge in [-0.2, -0.15) is 0 Å². The first-order chi connectivity index (χ1) is 9.97. The summed E-state index contributed by atoms with van der Waals surface area (Å²) in [5.41, 5.74) is 0.285. The second-order valence-electron chi connectivity index (χ2n) is 4.77. The number of hydrogen-bond acceptors (Lipinski definition) is 5. The molecular formula is C14H17NO6. The number of nitrogens with zero attached hydrogens (tertiary/aromatic N) is 1. The molecule has 7 nitrogen and oxygen atoms in total. The maximum atomic E-state index is 12.4. The lowest BCUT2D eigenvalue weighted by atomic mass is 10.1. The number of amides is 1. The van der Waals surface area contributed by atoms with Gasteiger partial charge in [-0.25, -0.2) is 4.79 Å². The van der Waals surface area contributed by atoms with Crippen LogP contribution in [0.15, 0.2) is 18.2 Å². The zero-order chi connectivity index (χ0) is 15.6. The highest BCUT2D eigenvalue weighted by Gasteiger charge is 2.39. The lowest BCUT2D eigenvalue weighted by molar-refractivity contribution is -0.141. The number of rotatable bonds is 4. The summed E-state index contributed by atoms with van der Waals surface area (Å²) in [6.45, 7) is 0.00411. The number of benzene rings is 1. The first kappa shape index (κ1) is 15.1. The monoisotopic (exact) mass is 295 g/mol. The number of β-amino-alcohol motifs (C(OH)–C–C–N with tert-alkyl or cyclic N) is 1. The molecule has 21 heavy (non-hydrogen) atoms. The summed E-state index contributed by atoms with van der Waals surface area (Å²) in [4.78, 5) is 24.8. The quantitative estimate of drug-likeness (QED) is 0.833. The van der Waals surface area contributed by atoms with Crippen LogP contribution in [-0.2, 0) is 4.79 Å². The fraction of sp³-hybridized carbons (Fsp3) is 0.429. The third-order valence-corrected chi connectivity index (χ3v) is 3.46. The number of aliphatic hydroxyl groups excluding tert-OH is 1. The van der Waals surface area contributed by atoms with Crippen molar-refractivity contribution in [3.63, 3.8) is 0 Å². The van der Waals surface area contributed by atoms with Crippen LogP contribution in [0.3, 0.4) is 0 Å². The number of carbonyl (C=O) groups excluding carboxylic acids is 1. The molecule has 0 aromatic heterocycles. The molecule has 1 aliphatic rings. The van der Waals surface area contributed by atoms with Gasteiger partial charge in [0.1, 0.15) is 6.04 Å². The van der Waals surface area contributed by atoms with Gasteiger partial charge in [0.05, 0.1) is 20.3 Å². The van der Waals surface area contributed by atoms with Gasteiger partial charge in [0.2, 0.25) is 0 Å². The molecule has 0 saturated carbocycles. The first-order valence-corrected chi connectivity index (χ1v) is 6.41. The van der Waals surface area contributed by atoms with Crippen molar-refractivity contribution in [2.24, 2.45) is 0 Å². The van der Waals surface area contributed by atoms with Gasteiger partial charge in [0.25, 0.3) is 5.91 Å². The number of aliphatic hydroxyl groups is 1. The number of aliphatic carboxylic acids is 1. The second-order valence-corrected chi connectivity index (χ2v) is 4.77. The molecule has 114 valence electrons. The molecule has 1 amide bonds. The molecule has 2 rings (SSSR count). The van der Waals surface area contributed by atoms with Crippen LogP contribution < -0.4 is 9.47 Å². The number of likely N-dealkylation sites (tertiary alicyclic amines) is 1. The Bertz CT molecular complexity index is 558. The molecule has 2 atom stereocenters. The summed E-state index contributed by atoms with van der Waals surface area (Å²) in [5.74, 6) is -0.722. The van der Waals surface area contributed by atoms with Gasteiger partial charge in [-0.3, -0.25) is 4.79 Å². The molecule has 0 aliphatic carbocycles. The Balaban J connectivity index is 2.29. The lowest BCUT2D eigenvalue weighted by Crippen LogP contribution is -2.40. The third-order valence-electron chi connectivity index (χ3n) is 3.46. The van der Waals surface area contributed by atoms with Crippen molar-refractivity contribution in [2.75, 3.05) is 20.8 Å². The highest BCUT2D eigenvalue weighted by Crippen LogP contribution is 2.29. The number of hydrogen-bond donors (Lipinski definition) is 2. The molecule has 1 aliphatic heterocycles. The van der Waals surface area contributed by atoms with Crippen LogP contribution in [0.2, 0.25) is 0 Å². The summed E-state index contributed by atoms with van der Waals surface area (Å²) in [6.07, 6.45) is -0.788. The Morgan fingerprint density at radius 2 is 1.90 bits per heavy atom. The van der Waals surface area contributed by atoms with E-state index < -0.39 is 24.0 Å². The van der Waals surface area contributed by atoms with Gasteiger partial charge in [-0.1, -0.05) is 0 Å². The van der Waals surface area contributed by atoms with Crippen LogP contribution in [0.1, 0.15) is 16.8 Å². The van der Waals surface area contributed by atoms with Crippen molar-refractivity contribution in [3.05, 3.63) is 23.8 Å². The van der Waals surface area contributed by atoms with Crippen LogP contribution >= 0.6 is 0 Å². The normalized spacial score (nSPS) is 21.2. The molecule has 1 aromatic rings. The fourth-order valence-corrected chi connectivity index (χ4v) is 2.41. The van der Waals surface area contributed by atoms with Crippen molar-refractivity contribution in [1.29, 1.82) is 0 Å². The van der Waals surface area contributed by atoms with E-state index in [1.54, 1.807) is 6.07 Å². The van der Waals surface area contributed by atoms with E-state index in [0.29, 0.717) is 11.5 Å². The Morgan fingerprint density at radius 1 is 1.24 bits per heavy atom. The first-order valence-electron chi connectivity index (χ1n) is 6.41. The molecule has 1 heterocycles. The highest BCUT2D eigenvalue weighted by atomic mass is 16.5. The molecule has 0 radical (unpaired) electrons. The number of ether oxygens (including phenoxy) is 2. The van der Waals surface area contributed by atoms with E-state index in [9.17, 15) is 14.7 Å². The van der Waals surface area contributed by atoms with Gasteiger partial charge in [0, 0.05) is 18.5 Å². The number of methoxy groups -OCH3 is 2. The maximum absolute atomic E-state index is 12.4. The average Bonchev–Trinajstić information content (AvgIpc) is 2.88. The van der Waals surface area contributed by atoms with Crippen LogP contribution in [0.25, 0.3) is 0 Å². The van der Waals surface area contributed by atoms with E-state index in [1.807, 2.05) is 0 Å². The van der Waals surface area contributed by atoms with Crippen LogP contribution in [-0.4, -0.2) is 59.9 Å². The largest absolute Gasteiger partial charge is 0.493 e. The van der Waals surface area contributed by atoms with Gasteiger partial charge in [0.15, 0.2) is 11.5 Å². The standard InChI is InChI=1S/C14H17NO6/c1-20-11-4-3-8(5-12(11)21-2)13(17)15-7-9(16)6-10(15)14(18)19/h3-5,9-10,16H,6-7H2,1-2H3,(H,18,19)/t9-,10-/m0/s1. The minimum Gasteiger partial charge on any atom is -0.493 e. The molecule has 1 saturated heterocycles. The summed E-state index contributed by atoms with van der Waals surface area (Å²) in [7, 11) is 2.93. The minimum absolute atomic E-state index is 0.00411. The second kappa shape index (κ2) is 6.01. The summed E-state index contributed by atoms with van der Waals surface area (Å²) < 4.78 is 10.2. The van der Waals surface area contributed by atoms with Crippen LogP contribution in [0.5, 0.6) is 11.5 Å². The van der Waals surface area contributed by atoms with E-state index in [0.717, 1.165) is 4.90 Å². The summed E-state index contributed by atoms with van der Waals surface area (Å²) in [5, 5.41) is 18.7. The van der Waals surface area contributed by atoms with Crippen molar-refractivity contribution >= 4 is 11.9 Å².